The molecule has 0 saturated heterocycles. The van der Waals surface area contributed by atoms with E-state index in [1.54, 1.807) is 0 Å². The maximum atomic E-state index is 10.4. The fraction of sp³-hybridized carbons (Fsp3) is 0.409. The van der Waals surface area contributed by atoms with Crippen molar-refractivity contribution in [1.29, 1.82) is 0 Å². The fourth-order valence-corrected chi connectivity index (χ4v) is 2.52. The summed E-state index contributed by atoms with van der Waals surface area (Å²) in [5.41, 5.74) is 0.808. The third kappa shape index (κ3) is 7.88. The lowest BCUT2D eigenvalue weighted by atomic mass is 10.1. The highest BCUT2D eigenvalue weighted by molar-refractivity contribution is 5.79. The van der Waals surface area contributed by atoms with E-state index in [2.05, 4.69) is 15.6 Å². The van der Waals surface area contributed by atoms with Crippen LogP contribution in [0.3, 0.4) is 0 Å². The smallest absolute Gasteiger partial charge is 0.191 e. The normalized spacial score (nSPS) is 12.5. The Morgan fingerprint density at radius 1 is 1.00 bits per heavy atom. The largest absolute Gasteiger partial charge is 0.492 e. The third-order valence-corrected chi connectivity index (χ3v) is 3.81. The number of benzene rings is 2. The summed E-state index contributed by atoms with van der Waals surface area (Å²) in [4.78, 5) is 4.46. The highest BCUT2D eigenvalue weighted by Gasteiger charge is 2.08. The summed E-state index contributed by atoms with van der Waals surface area (Å²) in [5.74, 6) is 2.28. The van der Waals surface area contributed by atoms with Crippen molar-refractivity contribution >= 4 is 5.96 Å². The number of hydrogen-bond donors (Lipinski definition) is 3. The summed E-state index contributed by atoms with van der Waals surface area (Å²) in [6.45, 7) is 8.10. The number of hydrogen-bond acceptors (Lipinski definition) is 4. The van der Waals surface area contributed by atoms with Crippen LogP contribution in [0.25, 0.3) is 0 Å². The van der Waals surface area contributed by atoms with Gasteiger partial charge in [0.1, 0.15) is 18.1 Å². The van der Waals surface area contributed by atoms with E-state index in [0.717, 1.165) is 23.6 Å². The number of rotatable bonds is 10. The molecule has 28 heavy (non-hydrogen) atoms. The second-order valence-electron chi connectivity index (χ2n) is 6.56. The van der Waals surface area contributed by atoms with E-state index >= 15 is 0 Å². The van der Waals surface area contributed by atoms with E-state index in [1.165, 1.54) is 0 Å². The first kappa shape index (κ1) is 21.6. The molecule has 0 fully saturated rings. The molecule has 0 aromatic heterocycles. The standard InChI is InChI=1S/C22H31N3O3/c1-4-23-22(24-14-15-27-19-8-6-5-7-9-19)25-16-21(26)18-10-12-20(13-11-18)28-17(2)3/h5-13,17,21,26H,4,14-16H2,1-3H3,(H2,23,24,25). The highest BCUT2D eigenvalue weighted by Crippen LogP contribution is 2.19. The first-order valence-electron chi connectivity index (χ1n) is 9.73. The van der Waals surface area contributed by atoms with Crippen molar-refractivity contribution in [3.05, 3.63) is 60.2 Å². The monoisotopic (exact) mass is 385 g/mol. The average Bonchev–Trinajstić information content (AvgIpc) is 2.70. The van der Waals surface area contributed by atoms with Crippen LogP contribution >= 0.6 is 0 Å². The predicted molar refractivity (Wildman–Crippen MR) is 113 cm³/mol. The Bertz CT molecular complexity index is 703. The topological polar surface area (TPSA) is 75.1 Å². The van der Waals surface area contributed by atoms with Crippen LogP contribution in [0.1, 0.15) is 32.4 Å². The fourth-order valence-electron chi connectivity index (χ4n) is 2.52. The molecule has 1 atom stereocenters. The zero-order valence-electron chi connectivity index (χ0n) is 16.9. The van der Waals surface area contributed by atoms with Gasteiger partial charge in [0.05, 0.1) is 25.3 Å². The van der Waals surface area contributed by atoms with Crippen LogP contribution in [0, 0.1) is 0 Å². The molecular formula is C22H31N3O3. The lowest BCUT2D eigenvalue weighted by Crippen LogP contribution is -2.39. The van der Waals surface area contributed by atoms with Gasteiger partial charge in [-0.1, -0.05) is 30.3 Å². The van der Waals surface area contributed by atoms with Gasteiger partial charge >= 0.3 is 0 Å². The first-order valence-corrected chi connectivity index (χ1v) is 9.73. The third-order valence-electron chi connectivity index (χ3n) is 3.81. The molecule has 0 heterocycles. The summed E-state index contributed by atoms with van der Waals surface area (Å²) >= 11 is 0. The van der Waals surface area contributed by atoms with Gasteiger partial charge in [0.2, 0.25) is 0 Å². The zero-order valence-corrected chi connectivity index (χ0v) is 16.9. The number of aliphatic hydroxyl groups is 1. The molecule has 2 aromatic rings. The van der Waals surface area contributed by atoms with Crippen LogP contribution in [-0.4, -0.2) is 43.4 Å². The number of aliphatic hydroxyl groups excluding tert-OH is 1. The zero-order chi connectivity index (χ0) is 20.2. The molecule has 0 saturated carbocycles. The Balaban J connectivity index is 1.81. The van der Waals surface area contributed by atoms with Crippen molar-refractivity contribution in [2.75, 3.05) is 26.2 Å². The summed E-state index contributed by atoms with van der Waals surface area (Å²) in [6.07, 6.45) is -0.552. The number of aliphatic imine (C=N–C) groups is 1. The van der Waals surface area contributed by atoms with Gasteiger partial charge < -0.3 is 25.2 Å². The molecule has 0 amide bonds. The maximum Gasteiger partial charge on any atom is 0.191 e. The number of nitrogens with one attached hydrogen (secondary N) is 2. The van der Waals surface area contributed by atoms with Gasteiger partial charge in [-0.05, 0) is 50.6 Å². The SMILES string of the molecule is CCNC(=NCC(O)c1ccc(OC(C)C)cc1)NCCOc1ccccc1. The molecule has 0 aliphatic heterocycles. The molecule has 1 unspecified atom stereocenters. The average molecular weight is 386 g/mol. The first-order chi connectivity index (χ1) is 13.6. The Kier molecular flexibility index (Phi) is 9.15. The van der Waals surface area contributed by atoms with E-state index in [-0.39, 0.29) is 12.6 Å². The van der Waals surface area contributed by atoms with Crippen LogP contribution in [0.4, 0.5) is 0 Å². The van der Waals surface area contributed by atoms with E-state index in [0.29, 0.717) is 19.1 Å². The molecule has 0 aliphatic carbocycles. The van der Waals surface area contributed by atoms with Gasteiger partial charge in [-0.3, -0.25) is 4.99 Å². The predicted octanol–water partition coefficient (Wildman–Crippen LogP) is 3.14. The maximum absolute atomic E-state index is 10.4. The van der Waals surface area contributed by atoms with E-state index in [1.807, 2.05) is 75.4 Å². The second-order valence-corrected chi connectivity index (χ2v) is 6.56. The van der Waals surface area contributed by atoms with Crippen LogP contribution in [0.2, 0.25) is 0 Å². The number of nitrogens with zero attached hydrogens (tertiary/aromatic N) is 1. The minimum Gasteiger partial charge on any atom is -0.492 e. The molecule has 3 N–H and O–H groups in total. The van der Waals surface area contributed by atoms with Crippen LogP contribution in [0.5, 0.6) is 11.5 Å². The molecule has 2 rings (SSSR count). The van der Waals surface area contributed by atoms with Gasteiger partial charge in [0.25, 0.3) is 0 Å². The molecule has 0 spiro atoms. The van der Waals surface area contributed by atoms with Gasteiger partial charge in [-0.2, -0.15) is 0 Å². The van der Waals surface area contributed by atoms with Crippen molar-refractivity contribution in [1.82, 2.24) is 10.6 Å². The minimum absolute atomic E-state index is 0.125. The Morgan fingerprint density at radius 3 is 2.36 bits per heavy atom. The molecule has 0 radical (unpaired) electrons. The second kappa shape index (κ2) is 11.9. The molecule has 2 aromatic carbocycles. The van der Waals surface area contributed by atoms with Crippen molar-refractivity contribution < 1.29 is 14.6 Å². The number of guanidine groups is 1. The molecule has 6 heteroatoms. The molecule has 6 nitrogen and oxygen atoms in total. The summed E-state index contributed by atoms with van der Waals surface area (Å²) in [7, 11) is 0. The summed E-state index contributed by atoms with van der Waals surface area (Å²) in [5, 5.41) is 16.8. The van der Waals surface area contributed by atoms with E-state index < -0.39 is 6.10 Å². The van der Waals surface area contributed by atoms with Gasteiger partial charge in [0.15, 0.2) is 5.96 Å². The van der Waals surface area contributed by atoms with Crippen LogP contribution in [0.15, 0.2) is 59.6 Å². The Hall–Kier alpha value is -2.73. The quantitative estimate of drug-likeness (QED) is 0.333. The van der Waals surface area contributed by atoms with Crippen LogP contribution < -0.4 is 20.1 Å². The molecule has 0 bridgehead atoms. The molecular weight excluding hydrogens is 354 g/mol. The van der Waals surface area contributed by atoms with Gasteiger partial charge in [-0.15, -0.1) is 0 Å². The van der Waals surface area contributed by atoms with E-state index in [4.69, 9.17) is 9.47 Å². The summed E-state index contributed by atoms with van der Waals surface area (Å²) < 4.78 is 11.3. The molecule has 152 valence electrons. The van der Waals surface area contributed by atoms with Gasteiger partial charge in [-0.25, -0.2) is 0 Å². The molecule has 0 aliphatic rings. The van der Waals surface area contributed by atoms with Crippen molar-refractivity contribution in [2.45, 2.75) is 33.0 Å². The Labute approximate surface area is 167 Å². The highest BCUT2D eigenvalue weighted by atomic mass is 16.5. The van der Waals surface area contributed by atoms with Crippen LogP contribution in [-0.2, 0) is 0 Å². The van der Waals surface area contributed by atoms with Gasteiger partial charge in [0, 0.05) is 6.54 Å². The van der Waals surface area contributed by atoms with Crippen molar-refractivity contribution in [3.8, 4) is 11.5 Å². The number of para-hydroxylation sites is 1. The minimum atomic E-state index is -0.677. The lowest BCUT2D eigenvalue weighted by Gasteiger charge is -2.14. The lowest BCUT2D eigenvalue weighted by molar-refractivity contribution is 0.186. The van der Waals surface area contributed by atoms with Crippen molar-refractivity contribution in [2.24, 2.45) is 4.99 Å². The van der Waals surface area contributed by atoms with Crippen molar-refractivity contribution in [3.63, 3.8) is 0 Å². The van der Waals surface area contributed by atoms with E-state index in [9.17, 15) is 5.11 Å². The number of ether oxygens (including phenoxy) is 2. The summed E-state index contributed by atoms with van der Waals surface area (Å²) in [6, 6.07) is 17.2. The Morgan fingerprint density at radius 2 is 1.71 bits per heavy atom.